The molecule has 0 saturated carbocycles. The molecule has 0 fully saturated rings. The molecule has 0 aromatic heterocycles. The summed E-state index contributed by atoms with van der Waals surface area (Å²) >= 11 is 3.18. The third-order valence-electron chi connectivity index (χ3n) is 3.81. The summed E-state index contributed by atoms with van der Waals surface area (Å²) in [6.45, 7) is 0.380. The Morgan fingerprint density at radius 2 is 2.14 bits per heavy atom. The Hall–Kier alpha value is -1.39. The molecule has 1 aliphatic carbocycles. The summed E-state index contributed by atoms with van der Waals surface area (Å²) in [5.41, 5.74) is 2.97. The van der Waals surface area contributed by atoms with E-state index in [1.165, 1.54) is 6.07 Å². The highest BCUT2D eigenvalue weighted by molar-refractivity contribution is 9.10. The molecule has 4 heteroatoms. The van der Waals surface area contributed by atoms with Crippen LogP contribution in [0.15, 0.2) is 40.9 Å². The van der Waals surface area contributed by atoms with Crippen LogP contribution >= 0.6 is 15.9 Å². The molecule has 1 unspecified atom stereocenters. The summed E-state index contributed by atoms with van der Waals surface area (Å²) in [6.07, 6.45) is 2.31. The van der Waals surface area contributed by atoms with Gasteiger partial charge in [0, 0.05) is 0 Å². The number of aliphatic hydroxyl groups is 1. The van der Waals surface area contributed by atoms with Crippen LogP contribution in [-0.4, -0.2) is 5.11 Å². The van der Waals surface area contributed by atoms with Gasteiger partial charge in [-0.05, 0) is 70.1 Å². The highest BCUT2D eigenvalue weighted by Crippen LogP contribution is 2.35. The van der Waals surface area contributed by atoms with Crippen molar-refractivity contribution in [2.75, 3.05) is 0 Å². The predicted molar refractivity (Wildman–Crippen MR) is 82.8 cm³/mol. The number of aliphatic hydroxyl groups excluding tert-OH is 1. The third kappa shape index (κ3) is 3.11. The van der Waals surface area contributed by atoms with E-state index in [-0.39, 0.29) is 5.82 Å². The van der Waals surface area contributed by atoms with Crippen LogP contribution in [0.1, 0.15) is 35.6 Å². The molecule has 0 aliphatic heterocycles. The number of rotatable bonds is 3. The van der Waals surface area contributed by atoms with Gasteiger partial charge in [0.25, 0.3) is 0 Å². The molecule has 0 radical (unpaired) electrons. The monoisotopic (exact) mass is 350 g/mol. The molecule has 110 valence electrons. The average Bonchev–Trinajstić information content (AvgIpc) is 2.49. The zero-order valence-electron chi connectivity index (χ0n) is 11.5. The van der Waals surface area contributed by atoms with E-state index in [9.17, 15) is 9.50 Å². The first-order chi connectivity index (χ1) is 10.1. The predicted octanol–water partition coefficient (Wildman–Crippen LogP) is 4.54. The van der Waals surface area contributed by atoms with Crippen molar-refractivity contribution in [2.24, 2.45) is 0 Å². The number of fused-ring (bicyclic) bond motifs is 1. The molecule has 2 aromatic rings. The van der Waals surface area contributed by atoms with Gasteiger partial charge in [0.1, 0.15) is 18.2 Å². The van der Waals surface area contributed by atoms with Crippen molar-refractivity contribution in [1.29, 1.82) is 0 Å². The Labute approximate surface area is 131 Å². The first-order valence-electron chi connectivity index (χ1n) is 7.02. The fourth-order valence-corrected chi connectivity index (χ4v) is 3.14. The van der Waals surface area contributed by atoms with Crippen LogP contribution in [0.5, 0.6) is 5.75 Å². The minimum absolute atomic E-state index is 0.279. The number of hydrogen-bond acceptors (Lipinski definition) is 2. The maximum atomic E-state index is 13.2. The van der Waals surface area contributed by atoms with Crippen molar-refractivity contribution < 1.29 is 14.2 Å². The van der Waals surface area contributed by atoms with E-state index in [0.717, 1.165) is 41.7 Å². The van der Waals surface area contributed by atoms with Crippen LogP contribution in [0, 0.1) is 5.82 Å². The lowest BCUT2D eigenvalue weighted by atomic mass is 9.89. The van der Waals surface area contributed by atoms with E-state index in [4.69, 9.17) is 4.74 Å². The standard InChI is InChI=1S/C17H16BrFO2/c18-14-9-11(7-8-15(14)19)10-21-17-6-2-3-12-13(17)4-1-5-16(12)20/h2-3,6-9,16,20H,1,4-5,10H2. The van der Waals surface area contributed by atoms with Gasteiger partial charge in [0.2, 0.25) is 0 Å². The normalized spacial score (nSPS) is 17.4. The fraction of sp³-hybridized carbons (Fsp3) is 0.294. The summed E-state index contributed by atoms with van der Waals surface area (Å²) in [4.78, 5) is 0. The molecule has 21 heavy (non-hydrogen) atoms. The Kier molecular flexibility index (Phi) is 4.27. The number of benzene rings is 2. The minimum atomic E-state index is -0.391. The Morgan fingerprint density at radius 3 is 2.95 bits per heavy atom. The van der Waals surface area contributed by atoms with Crippen molar-refractivity contribution in [3.8, 4) is 5.75 Å². The maximum absolute atomic E-state index is 13.2. The highest BCUT2D eigenvalue weighted by Gasteiger charge is 2.20. The fourth-order valence-electron chi connectivity index (χ4n) is 2.72. The van der Waals surface area contributed by atoms with Crippen LogP contribution in [0.3, 0.4) is 0 Å². The molecular formula is C17H16BrFO2. The summed E-state index contributed by atoms with van der Waals surface area (Å²) in [5.74, 6) is 0.533. The van der Waals surface area contributed by atoms with Crippen LogP contribution in [0.4, 0.5) is 4.39 Å². The smallest absolute Gasteiger partial charge is 0.137 e. The SMILES string of the molecule is OC1CCCc2c(OCc3ccc(F)c(Br)c3)cccc21. The van der Waals surface area contributed by atoms with Crippen LogP contribution in [0.2, 0.25) is 0 Å². The molecule has 0 spiro atoms. The summed E-state index contributed by atoms with van der Waals surface area (Å²) in [6, 6.07) is 10.6. The lowest BCUT2D eigenvalue weighted by Gasteiger charge is -2.23. The molecule has 2 nitrogen and oxygen atoms in total. The largest absolute Gasteiger partial charge is 0.489 e. The lowest BCUT2D eigenvalue weighted by Crippen LogP contribution is -2.11. The van der Waals surface area contributed by atoms with E-state index < -0.39 is 6.10 Å². The number of halogens is 2. The van der Waals surface area contributed by atoms with Gasteiger partial charge >= 0.3 is 0 Å². The molecule has 1 aliphatic rings. The van der Waals surface area contributed by atoms with Crippen LogP contribution in [0.25, 0.3) is 0 Å². The summed E-state index contributed by atoms with van der Waals surface area (Å²) < 4.78 is 19.5. The van der Waals surface area contributed by atoms with Crippen LogP contribution in [-0.2, 0) is 13.0 Å². The minimum Gasteiger partial charge on any atom is -0.489 e. The van der Waals surface area contributed by atoms with Crippen molar-refractivity contribution >= 4 is 15.9 Å². The van der Waals surface area contributed by atoms with Crippen LogP contribution < -0.4 is 4.74 Å². The average molecular weight is 351 g/mol. The van der Waals surface area contributed by atoms with Gasteiger partial charge in [-0.15, -0.1) is 0 Å². The van der Waals surface area contributed by atoms with Gasteiger partial charge < -0.3 is 9.84 Å². The number of ether oxygens (including phenoxy) is 1. The van der Waals surface area contributed by atoms with Gasteiger partial charge in [0.05, 0.1) is 10.6 Å². The van der Waals surface area contributed by atoms with Gasteiger partial charge in [-0.1, -0.05) is 18.2 Å². The van der Waals surface area contributed by atoms with Crippen molar-refractivity contribution in [3.05, 3.63) is 63.4 Å². The molecule has 0 heterocycles. The van der Waals surface area contributed by atoms with Crippen molar-refractivity contribution in [2.45, 2.75) is 32.0 Å². The van der Waals surface area contributed by atoms with Gasteiger partial charge in [0.15, 0.2) is 0 Å². The zero-order chi connectivity index (χ0) is 14.8. The quantitative estimate of drug-likeness (QED) is 0.880. The second-order valence-corrected chi connectivity index (χ2v) is 6.12. The Bertz CT molecular complexity index is 657. The highest BCUT2D eigenvalue weighted by atomic mass is 79.9. The van der Waals surface area contributed by atoms with Crippen molar-refractivity contribution in [1.82, 2.24) is 0 Å². The molecule has 0 amide bonds. The van der Waals surface area contributed by atoms with E-state index in [2.05, 4.69) is 15.9 Å². The number of hydrogen-bond donors (Lipinski definition) is 1. The molecular weight excluding hydrogens is 335 g/mol. The second-order valence-electron chi connectivity index (χ2n) is 5.27. The van der Waals surface area contributed by atoms with E-state index in [1.807, 2.05) is 18.2 Å². The third-order valence-corrected chi connectivity index (χ3v) is 4.42. The summed E-state index contributed by atoms with van der Waals surface area (Å²) in [5, 5.41) is 10.0. The molecule has 3 rings (SSSR count). The molecule has 0 bridgehead atoms. The summed E-state index contributed by atoms with van der Waals surface area (Å²) in [7, 11) is 0. The maximum Gasteiger partial charge on any atom is 0.137 e. The zero-order valence-corrected chi connectivity index (χ0v) is 13.1. The second kappa shape index (κ2) is 6.16. The van der Waals surface area contributed by atoms with Gasteiger partial charge in [-0.3, -0.25) is 0 Å². The Morgan fingerprint density at radius 1 is 1.29 bits per heavy atom. The lowest BCUT2D eigenvalue weighted by molar-refractivity contribution is 0.155. The molecule has 1 atom stereocenters. The van der Waals surface area contributed by atoms with E-state index in [0.29, 0.717) is 11.1 Å². The Balaban J connectivity index is 1.79. The van der Waals surface area contributed by atoms with Gasteiger partial charge in [-0.25, -0.2) is 4.39 Å². The van der Waals surface area contributed by atoms with Crippen molar-refractivity contribution in [3.63, 3.8) is 0 Å². The van der Waals surface area contributed by atoms with E-state index in [1.54, 1.807) is 12.1 Å². The van der Waals surface area contributed by atoms with Gasteiger partial charge in [-0.2, -0.15) is 0 Å². The topological polar surface area (TPSA) is 29.5 Å². The van der Waals surface area contributed by atoms with E-state index >= 15 is 0 Å². The molecule has 2 aromatic carbocycles. The molecule has 0 saturated heterocycles. The molecule has 1 N–H and O–H groups in total. The first-order valence-corrected chi connectivity index (χ1v) is 7.81. The first kappa shape index (κ1) is 14.5.